The Labute approximate surface area is 190 Å². The van der Waals surface area contributed by atoms with Gasteiger partial charge in [-0.15, -0.1) is 24.0 Å². The molecule has 0 aliphatic carbocycles. The summed E-state index contributed by atoms with van der Waals surface area (Å²) in [6, 6.07) is 8.49. The quantitative estimate of drug-likeness (QED) is 0.357. The van der Waals surface area contributed by atoms with Crippen LogP contribution in [0.3, 0.4) is 0 Å². The highest BCUT2D eigenvalue weighted by molar-refractivity contribution is 14.0. The Bertz CT molecular complexity index is 715. The minimum atomic E-state index is -0.0726. The predicted molar refractivity (Wildman–Crippen MR) is 128 cm³/mol. The van der Waals surface area contributed by atoms with E-state index in [1.807, 2.05) is 0 Å². The number of carbonyl (C=O) groups is 2. The van der Waals surface area contributed by atoms with Gasteiger partial charge in [-0.2, -0.15) is 0 Å². The SMILES string of the molecule is Cc1cccc(N2CCN(C(=NCC(=O)N(C)C)NCC(=O)N(C)C)CC2)c1.I. The maximum absolute atomic E-state index is 12.0. The number of carbonyl (C=O) groups excluding carboxylic acids is 2. The maximum Gasteiger partial charge on any atom is 0.243 e. The molecule has 1 fully saturated rings. The van der Waals surface area contributed by atoms with E-state index >= 15 is 0 Å². The number of nitrogens with one attached hydrogen (secondary N) is 1. The predicted octanol–water partition coefficient (Wildman–Crippen LogP) is 0.857. The summed E-state index contributed by atoms with van der Waals surface area (Å²) in [4.78, 5) is 35.9. The third-order valence-electron chi connectivity index (χ3n) is 4.71. The molecule has 0 saturated carbocycles. The van der Waals surface area contributed by atoms with Crippen LogP contribution < -0.4 is 10.2 Å². The number of hydrogen-bond acceptors (Lipinski definition) is 4. The van der Waals surface area contributed by atoms with Gasteiger partial charge < -0.3 is 24.9 Å². The van der Waals surface area contributed by atoms with Crippen LogP contribution in [0.1, 0.15) is 5.56 Å². The summed E-state index contributed by atoms with van der Waals surface area (Å²) in [6.07, 6.45) is 0. The molecule has 0 spiro atoms. The van der Waals surface area contributed by atoms with E-state index in [1.165, 1.54) is 21.1 Å². The third kappa shape index (κ3) is 7.71. The van der Waals surface area contributed by atoms with Crippen molar-refractivity contribution < 1.29 is 9.59 Å². The zero-order chi connectivity index (χ0) is 20.7. The second kappa shape index (κ2) is 11.8. The molecule has 1 aliphatic rings. The average molecular weight is 516 g/mol. The number of anilines is 1. The van der Waals surface area contributed by atoms with Crippen LogP contribution in [-0.4, -0.2) is 99.9 Å². The van der Waals surface area contributed by atoms with Gasteiger partial charge in [-0.05, 0) is 24.6 Å². The monoisotopic (exact) mass is 516 g/mol. The van der Waals surface area contributed by atoms with Crippen molar-refractivity contribution >= 4 is 47.4 Å². The van der Waals surface area contributed by atoms with Crippen LogP contribution in [0.25, 0.3) is 0 Å². The van der Waals surface area contributed by atoms with Crippen molar-refractivity contribution in [2.75, 3.05) is 72.4 Å². The van der Waals surface area contributed by atoms with E-state index in [-0.39, 0.29) is 48.9 Å². The number of aliphatic imine (C=N–C) groups is 1. The second-order valence-electron chi connectivity index (χ2n) is 7.38. The lowest BCUT2D eigenvalue weighted by Gasteiger charge is -2.38. The number of piperazine rings is 1. The summed E-state index contributed by atoms with van der Waals surface area (Å²) in [5.41, 5.74) is 2.46. The maximum atomic E-state index is 12.0. The van der Waals surface area contributed by atoms with Crippen LogP contribution in [0.15, 0.2) is 29.3 Å². The third-order valence-corrected chi connectivity index (χ3v) is 4.71. The van der Waals surface area contributed by atoms with Crippen molar-refractivity contribution in [2.45, 2.75) is 6.92 Å². The number of hydrogen-bond donors (Lipinski definition) is 1. The number of rotatable bonds is 5. The molecule has 1 N–H and O–H groups in total. The number of benzene rings is 1. The zero-order valence-electron chi connectivity index (χ0n) is 18.0. The lowest BCUT2D eigenvalue weighted by molar-refractivity contribution is -0.127. The number of halogens is 1. The van der Waals surface area contributed by atoms with E-state index in [0.717, 1.165) is 26.2 Å². The topological polar surface area (TPSA) is 71.5 Å². The first-order chi connectivity index (χ1) is 13.3. The molecule has 0 unspecified atom stereocenters. The first-order valence-electron chi connectivity index (χ1n) is 9.53. The number of guanidine groups is 1. The van der Waals surface area contributed by atoms with Gasteiger partial charge in [-0.1, -0.05) is 12.1 Å². The lowest BCUT2D eigenvalue weighted by Crippen LogP contribution is -2.54. The minimum absolute atomic E-state index is 0. The Balaban J connectivity index is 0.00000420. The Morgan fingerprint density at radius 1 is 1.03 bits per heavy atom. The van der Waals surface area contributed by atoms with Crippen LogP contribution in [0, 0.1) is 6.92 Å². The van der Waals surface area contributed by atoms with Crippen LogP contribution in [0.2, 0.25) is 0 Å². The van der Waals surface area contributed by atoms with Gasteiger partial charge in [0.25, 0.3) is 0 Å². The molecule has 0 aromatic heterocycles. The smallest absolute Gasteiger partial charge is 0.243 e. The average Bonchev–Trinajstić information content (AvgIpc) is 2.67. The number of amides is 2. The number of aryl methyl sites for hydroxylation is 1. The summed E-state index contributed by atoms with van der Waals surface area (Å²) in [7, 11) is 6.86. The molecule has 2 amide bonds. The molecule has 1 saturated heterocycles. The van der Waals surface area contributed by atoms with Crippen molar-refractivity contribution in [3.63, 3.8) is 0 Å². The molecular weight excluding hydrogens is 483 g/mol. The molecule has 0 radical (unpaired) electrons. The van der Waals surface area contributed by atoms with Crippen LogP contribution in [-0.2, 0) is 9.59 Å². The molecule has 2 rings (SSSR count). The molecule has 0 bridgehead atoms. The molecule has 0 atom stereocenters. The second-order valence-corrected chi connectivity index (χ2v) is 7.38. The van der Waals surface area contributed by atoms with Gasteiger partial charge in [-0.25, -0.2) is 4.99 Å². The summed E-state index contributed by atoms with van der Waals surface area (Å²) < 4.78 is 0. The van der Waals surface area contributed by atoms with Gasteiger partial charge in [0.15, 0.2) is 5.96 Å². The summed E-state index contributed by atoms with van der Waals surface area (Å²) in [5, 5.41) is 3.12. The van der Waals surface area contributed by atoms with Gasteiger partial charge in [-0.3, -0.25) is 9.59 Å². The highest BCUT2D eigenvalue weighted by Crippen LogP contribution is 2.17. The van der Waals surface area contributed by atoms with Gasteiger partial charge in [0.1, 0.15) is 6.54 Å². The standard InChI is InChI=1S/C20H32N6O2.HI/c1-16-7-6-8-17(13-16)25-9-11-26(12-10-25)20(21-14-18(27)23(2)3)22-15-19(28)24(4)5;/h6-8,13H,9-12,14-15H2,1-5H3,(H,21,22);1H. The molecule has 29 heavy (non-hydrogen) atoms. The summed E-state index contributed by atoms with van der Waals surface area (Å²) >= 11 is 0. The fourth-order valence-corrected chi connectivity index (χ4v) is 2.87. The number of nitrogens with zero attached hydrogens (tertiary/aromatic N) is 5. The Morgan fingerprint density at radius 3 is 2.21 bits per heavy atom. The summed E-state index contributed by atoms with van der Waals surface area (Å²) in [5.74, 6) is 0.496. The van der Waals surface area contributed by atoms with E-state index in [0.29, 0.717) is 5.96 Å². The van der Waals surface area contributed by atoms with Crippen molar-refractivity contribution in [3.05, 3.63) is 29.8 Å². The Kier molecular flexibility index (Phi) is 10.2. The van der Waals surface area contributed by atoms with Crippen molar-refractivity contribution in [1.82, 2.24) is 20.0 Å². The van der Waals surface area contributed by atoms with Gasteiger partial charge >= 0.3 is 0 Å². The first kappa shape index (κ1) is 25.0. The fourth-order valence-electron chi connectivity index (χ4n) is 2.87. The molecule has 1 heterocycles. The largest absolute Gasteiger partial charge is 0.368 e. The normalized spacial score (nSPS) is 14.2. The molecule has 9 heteroatoms. The van der Waals surface area contributed by atoms with Gasteiger partial charge in [0.05, 0.1) is 6.54 Å². The Hall–Kier alpha value is -2.04. The zero-order valence-corrected chi connectivity index (χ0v) is 20.3. The Morgan fingerprint density at radius 2 is 1.66 bits per heavy atom. The van der Waals surface area contributed by atoms with Crippen LogP contribution in [0.4, 0.5) is 5.69 Å². The molecular formula is C20H33IN6O2. The van der Waals surface area contributed by atoms with Gasteiger partial charge in [0.2, 0.25) is 11.8 Å². The van der Waals surface area contributed by atoms with Crippen molar-refractivity contribution in [2.24, 2.45) is 4.99 Å². The van der Waals surface area contributed by atoms with E-state index < -0.39 is 0 Å². The van der Waals surface area contributed by atoms with Crippen LogP contribution in [0.5, 0.6) is 0 Å². The van der Waals surface area contributed by atoms with E-state index in [1.54, 1.807) is 28.2 Å². The highest BCUT2D eigenvalue weighted by atomic mass is 127. The van der Waals surface area contributed by atoms with Crippen LogP contribution >= 0.6 is 24.0 Å². The van der Waals surface area contributed by atoms with E-state index in [2.05, 4.69) is 51.3 Å². The lowest BCUT2D eigenvalue weighted by atomic mass is 10.2. The molecule has 8 nitrogen and oxygen atoms in total. The number of likely N-dealkylation sites (N-methyl/N-ethyl adjacent to an activating group) is 2. The van der Waals surface area contributed by atoms with Crippen molar-refractivity contribution in [1.29, 1.82) is 0 Å². The first-order valence-corrected chi connectivity index (χ1v) is 9.53. The molecule has 1 aromatic carbocycles. The molecule has 1 aliphatic heterocycles. The molecule has 162 valence electrons. The summed E-state index contributed by atoms with van der Waals surface area (Å²) in [6.45, 7) is 5.56. The van der Waals surface area contributed by atoms with E-state index in [9.17, 15) is 9.59 Å². The van der Waals surface area contributed by atoms with Gasteiger partial charge in [0, 0.05) is 60.1 Å². The fraction of sp³-hybridized carbons (Fsp3) is 0.550. The highest BCUT2D eigenvalue weighted by Gasteiger charge is 2.21. The van der Waals surface area contributed by atoms with Crippen molar-refractivity contribution in [3.8, 4) is 0 Å². The minimum Gasteiger partial charge on any atom is -0.368 e. The van der Waals surface area contributed by atoms with E-state index in [4.69, 9.17) is 0 Å². The molecule has 1 aromatic rings.